The monoisotopic (exact) mass is 620 g/mol. The molecule has 0 radical (unpaired) electrons. The summed E-state index contributed by atoms with van der Waals surface area (Å²) in [5.74, 6) is 0.263. The standard InChI is InChI=1S/C40H64N2O3/c1-12-17-35(3,4)20-22-38(9,18-16-33(44)42-24-13-14-25-42)23-21-36(5,6)40(11)19-15-31-37(7,8)34(45)30(28-41)27-39(31,10)32(40)26-29(2)43/h26-27,31H,12-25H2,1-11H3/b32-26-/t31-,38-,39-,40+/m0/s1. The Morgan fingerprint density at radius 1 is 0.978 bits per heavy atom. The molecular formula is C40H64N2O3. The molecule has 0 unspecified atom stereocenters. The van der Waals surface area contributed by atoms with Gasteiger partial charge < -0.3 is 4.90 Å². The highest BCUT2D eigenvalue weighted by molar-refractivity contribution is 6.04. The zero-order chi connectivity index (χ0) is 34.1. The summed E-state index contributed by atoms with van der Waals surface area (Å²) in [6, 6.07) is 2.20. The van der Waals surface area contributed by atoms with E-state index in [2.05, 4.69) is 66.4 Å². The van der Waals surface area contributed by atoms with Crippen LogP contribution in [0.25, 0.3) is 0 Å². The van der Waals surface area contributed by atoms with Crippen molar-refractivity contribution in [2.75, 3.05) is 13.1 Å². The molecule has 4 atom stereocenters. The number of fused-ring (bicyclic) bond motifs is 1. The lowest BCUT2D eigenvalue weighted by atomic mass is 9.42. The molecule has 3 aliphatic rings. The fraction of sp³-hybridized carbons (Fsp3) is 0.800. The number of hydrogen-bond donors (Lipinski definition) is 0. The van der Waals surface area contributed by atoms with Gasteiger partial charge in [0.2, 0.25) is 5.91 Å². The predicted octanol–water partition coefficient (Wildman–Crippen LogP) is 9.81. The van der Waals surface area contributed by atoms with E-state index in [0.717, 1.165) is 76.5 Å². The Hall–Kier alpha value is -2.22. The van der Waals surface area contributed by atoms with Gasteiger partial charge in [0.25, 0.3) is 0 Å². The number of nitriles is 1. The lowest BCUT2D eigenvalue weighted by Crippen LogP contribution is -2.55. The van der Waals surface area contributed by atoms with Crippen LogP contribution in [0.1, 0.15) is 153 Å². The van der Waals surface area contributed by atoms with Gasteiger partial charge in [-0.25, -0.2) is 0 Å². The molecule has 0 spiro atoms. The van der Waals surface area contributed by atoms with E-state index in [0.29, 0.717) is 12.3 Å². The smallest absolute Gasteiger partial charge is 0.222 e. The molecule has 1 saturated heterocycles. The minimum atomic E-state index is -0.679. The average molecular weight is 621 g/mol. The largest absolute Gasteiger partial charge is 0.343 e. The van der Waals surface area contributed by atoms with Gasteiger partial charge in [0, 0.05) is 30.3 Å². The number of ketones is 2. The highest BCUT2D eigenvalue weighted by Crippen LogP contribution is 2.67. The first-order valence-electron chi connectivity index (χ1n) is 17.9. The van der Waals surface area contributed by atoms with Gasteiger partial charge in [-0.2, -0.15) is 5.26 Å². The first-order valence-corrected chi connectivity index (χ1v) is 17.9. The number of nitrogens with zero attached hydrogens (tertiary/aromatic N) is 2. The van der Waals surface area contributed by atoms with E-state index in [1.807, 2.05) is 26.0 Å². The van der Waals surface area contributed by atoms with Gasteiger partial charge in [-0.3, -0.25) is 14.4 Å². The molecule has 1 aliphatic heterocycles. The van der Waals surface area contributed by atoms with Crippen LogP contribution in [0.3, 0.4) is 0 Å². The Bertz CT molecular complexity index is 1240. The topological polar surface area (TPSA) is 78.2 Å². The van der Waals surface area contributed by atoms with Crippen LogP contribution in [0.2, 0.25) is 0 Å². The van der Waals surface area contributed by atoms with Crippen LogP contribution < -0.4 is 0 Å². The third-order valence-corrected chi connectivity index (χ3v) is 13.0. The summed E-state index contributed by atoms with van der Waals surface area (Å²) < 4.78 is 0. The fourth-order valence-corrected chi connectivity index (χ4v) is 9.35. The minimum absolute atomic E-state index is 0.0129. The Morgan fingerprint density at radius 2 is 1.58 bits per heavy atom. The quantitative estimate of drug-likeness (QED) is 0.192. The molecule has 1 heterocycles. The van der Waals surface area contributed by atoms with Gasteiger partial charge >= 0.3 is 0 Å². The van der Waals surface area contributed by atoms with Crippen molar-refractivity contribution in [1.82, 2.24) is 4.90 Å². The van der Waals surface area contributed by atoms with Gasteiger partial charge in [-0.1, -0.05) is 87.3 Å². The molecule has 252 valence electrons. The second-order valence-electron chi connectivity index (χ2n) is 17.8. The molecule has 1 saturated carbocycles. The van der Waals surface area contributed by atoms with Gasteiger partial charge in [-0.05, 0) is 105 Å². The maximum absolute atomic E-state index is 13.3. The van der Waals surface area contributed by atoms with E-state index in [-0.39, 0.29) is 44.7 Å². The third kappa shape index (κ3) is 7.68. The zero-order valence-electron chi connectivity index (χ0n) is 30.8. The van der Waals surface area contributed by atoms with Crippen molar-refractivity contribution >= 4 is 17.5 Å². The lowest BCUT2D eigenvalue weighted by Gasteiger charge is -2.61. The number of rotatable bonds is 13. The Balaban J connectivity index is 1.96. The maximum Gasteiger partial charge on any atom is 0.222 e. The molecule has 3 rings (SSSR count). The van der Waals surface area contributed by atoms with Crippen molar-refractivity contribution in [1.29, 1.82) is 5.26 Å². The van der Waals surface area contributed by atoms with Gasteiger partial charge in [0.1, 0.15) is 6.07 Å². The molecular weight excluding hydrogens is 556 g/mol. The SMILES string of the molecule is CCCC(C)(C)CC[C@](C)(CCC(=O)N1CCCC1)CCC(C)(C)[C@]1(C)CC[C@H]2C(C)(C)C(=O)C(C#N)=C[C@]2(C)/C1=C/C(C)=O. The number of hydrogen-bond acceptors (Lipinski definition) is 4. The third-order valence-electron chi connectivity index (χ3n) is 13.0. The Kier molecular flexibility index (Phi) is 11.2. The summed E-state index contributed by atoms with van der Waals surface area (Å²) in [6.07, 6.45) is 15.9. The second-order valence-corrected chi connectivity index (χ2v) is 17.8. The van der Waals surface area contributed by atoms with Crippen LogP contribution >= 0.6 is 0 Å². The number of carbonyl (C=O) groups is 3. The van der Waals surface area contributed by atoms with Crippen LogP contribution in [0.4, 0.5) is 0 Å². The average Bonchev–Trinajstić information content (AvgIpc) is 3.49. The number of likely N-dealkylation sites (tertiary alicyclic amines) is 1. The van der Waals surface area contributed by atoms with Crippen LogP contribution in [0.15, 0.2) is 23.3 Å². The number of Topliss-reactive ketones (excluding diaryl/α,β-unsaturated/α-hetero) is 1. The minimum Gasteiger partial charge on any atom is -0.343 e. The predicted molar refractivity (Wildman–Crippen MR) is 184 cm³/mol. The summed E-state index contributed by atoms with van der Waals surface area (Å²) in [5.41, 5.74) is -0.0923. The van der Waals surface area contributed by atoms with Gasteiger partial charge in [0.15, 0.2) is 11.6 Å². The van der Waals surface area contributed by atoms with Gasteiger partial charge in [0.05, 0.1) is 5.57 Å². The first-order chi connectivity index (χ1) is 20.7. The van der Waals surface area contributed by atoms with Crippen molar-refractivity contribution in [3.8, 4) is 6.07 Å². The normalized spacial score (nSPS) is 29.2. The van der Waals surface area contributed by atoms with Gasteiger partial charge in [-0.15, -0.1) is 0 Å². The summed E-state index contributed by atoms with van der Waals surface area (Å²) in [7, 11) is 0. The zero-order valence-corrected chi connectivity index (χ0v) is 30.8. The molecule has 0 aromatic carbocycles. The Labute approximate surface area is 275 Å². The van der Waals surface area contributed by atoms with E-state index in [4.69, 9.17) is 0 Å². The molecule has 1 amide bonds. The number of amides is 1. The summed E-state index contributed by atoms with van der Waals surface area (Å²) >= 11 is 0. The highest BCUT2D eigenvalue weighted by atomic mass is 16.2. The van der Waals surface area contributed by atoms with E-state index < -0.39 is 10.8 Å². The highest BCUT2D eigenvalue weighted by Gasteiger charge is 2.61. The molecule has 0 aromatic rings. The van der Waals surface area contributed by atoms with E-state index in [1.165, 1.54) is 12.8 Å². The van der Waals surface area contributed by atoms with Crippen LogP contribution in [0, 0.1) is 49.7 Å². The molecule has 2 aliphatic carbocycles. The van der Waals surface area contributed by atoms with E-state index in [9.17, 15) is 19.6 Å². The summed E-state index contributed by atoms with van der Waals surface area (Å²) in [6.45, 7) is 26.0. The van der Waals surface area contributed by atoms with E-state index in [1.54, 1.807) is 6.92 Å². The molecule has 0 N–H and O–H groups in total. The number of allylic oxidation sites excluding steroid dienone is 4. The molecule has 5 heteroatoms. The van der Waals surface area contributed by atoms with E-state index >= 15 is 0 Å². The second kappa shape index (κ2) is 13.5. The lowest BCUT2D eigenvalue weighted by molar-refractivity contribution is -0.131. The van der Waals surface area contributed by atoms with Crippen molar-refractivity contribution in [2.45, 2.75) is 153 Å². The van der Waals surface area contributed by atoms with Crippen LogP contribution in [0.5, 0.6) is 0 Å². The molecule has 5 nitrogen and oxygen atoms in total. The maximum atomic E-state index is 13.3. The molecule has 45 heavy (non-hydrogen) atoms. The molecule has 0 aromatic heterocycles. The molecule has 2 fully saturated rings. The van der Waals surface area contributed by atoms with Crippen LogP contribution in [-0.4, -0.2) is 35.5 Å². The van der Waals surface area contributed by atoms with Crippen molar-refractivity contribution in [3.05, 3.63) is 23.3 Å². The van der Waals surface area contributed by atoms with Crippen molar-refractivity contribution in [3.63, 3.8) is 0 Å². The van der Waals surface area contributed by atoms with Crippen molar-refractivity contribution in [2.24, 2.45) is 38.4 Å². The molecule has 0 bridgehead atoms. The fourth-order valence-electron chi connectivity index (χ4n) is 9.35. The number of carbonyl (C=O) groups excluding carboxylic acids is 3. The Morgan fingerprint density at radius 3 is 2.13 bits per heavy atom. The summed E-state index contributed by atoms with van der Waals surface area (Å²) in [5, 5.41) is 9.98. The van der Waals surface area contributed by atoms with Crippen molar-refractivity contribution < 1.29 is 14.4 Å². The first kappa shape index (κ1) is 37.2. The van der Waals surface area contributed by atoms with Crippen LogP contribution in [-0.2, 0) is 14.4 Å². The summed E-state index contributed by atoms with van der Waals surface area (Å²) in [4.78, 5) is 41.4.